The molecule has 0 aromatic heterocycles. The maximum atomic E-state index is 12.2. The number of carbonyl (C=O) groups excluding carboxylic acids is 2. The third-order valence-electron chi connectivity index (χ3n) is 4.99. The number of hydrogen-bond donors (Lipinski definition) is 2. The van der Waals surface area contributed by atoms with E-state index in [1.54, 1.807) is 6.07 Å². The van der Waals surface area contributed by atoms with Crippen molar-refractivity contribution in [1.82, 2.24) is 15.5 Å². The standard InChI is InChI=1S/C23H31N3O2/c1-5-26(6-2)16-20-10-8-19(9-11-20)14-24-22(27)15-25-23(28)21-12-7-17(3)18(4)13-21/h7-13H,5-6,14-16H2,1-4H3,(H,24,27)(H,25,28). The van der Waals surface area contributed by atoms with Crippen LogP contribution in [0.3, 0.4) is 0 Å². The fourth-order valence-corrected chi connectivity index (χ4v) is 2.88. The van der Waals surface area contributed by atoms with Crippen LogP contribution in [0.2, 0.25) is 0 Å². The van der Waals surface area contributed by atoms with Crippen LogP contribution in [0.25, 0.3) is 0 Å². The molecule has 0 saturated heterocycles. The molecule has 150 valence electrons. The molecule has 0 radical (unpaired) electrons. The Hall–Kier alpha value is -2.66. The van der Waals surface area contributed by atoms with Gasteiger partial charge >= 0.3 is 0 Å². The molecule has 5 heteroatoms. The van der Waals surface area contributed by atoms with E-state index >= 15 is 0 Å². The van der Waals surface area contributed by atoms with Crippen LogP contribution in [-0.2, 0) is 17.9 Å². The van der Waals surface area contributed by atoms with Crippen molar-refractivity contribution in [3.63, 3.8) is 0 Å². The molecule has 0 aliphatic heterocycles. The lowest BCUT2D eigenvalue weighted by Crippen LogP contribution is -2.36. The number of nitrogens with zero attached hydrogens (tertiary/aromatic N) is 1. The predicted octanol–water partition coefficient (Wildman–Crippen LogP) is 3.19. The van der Waals surface area contributed by atoms with E-state index in [1.165, 1.54) is 5.56 Å². The molecule has 0 aliphatic carbocycles. The molecule has 0 fully saturated rings. The van der Waals surface area contributed by atoms with Gasteiger partial charge in [-0.1, -0.05) is 44.2 Å². The van der Waals surface area contributed by atoms with E-state index in [2.05, 4.69) is 41.5 Å². The maximum Gasteiger partial charge on any atom is 0.251 e. The van der Waals surface area contributed by atoms with Gasteiger partial charge in [0.2, 0.25) is 5.91 Å². The van der Waals surface area contributed by atoms with Crippen LogP contribution >= 0.6 is 0 Å². The van der Waals surface area contributed by atoms with Gasteiger partial charge in [0.1, 0.15) is 0 Å². The number of benzene rings is 2. The van der Waals surface area contributed by atoms with E-state index in [1.807, 2.05) is 38.1 Å². The predicted molar refractivity (Wildman–Crippen MR) is 113 cm³/mol. The summed E-state index contributed by atoms with van der Waals surface area (Å²) in [4.78, 5) is 26.6. The molecule has 0 unspecified atom stereocenters. The highest BCUT2D eigenvalue weighted by Gasteiger charge is 2.09. The Morgan fingerprint density at radius 2 is 1.50 bits per heavy atom. The summed E-state index contributed by atoms with van der Waals surface area (Å²) in [6.07, 6.45) is 0. The lowest BCUT2D eigenvalue weighted by atomic mass is 10.1. The average Bonchev–Trinajstić information content (AvgIpc) is 2.71. The van der Waals surface area contributed by atoms with Crippen LogP contribution in [0.4, 0.5) is 0 Å². The van der Waals surface area contributed by atoms with Gasteiger partial charge in [-0.25, -0.2) is 0 Å². The average molecular weight is 382 g/mol. The fraction of sp³-hybridized carbons (Fsp3) is 0.391. The van der Waals surface area contributed by atoms with Crippen molar-refractivity contribution >= 4 is 11.8 Å². The molecular weight excluding hydrogens is 350 g/mol. The second-order valence-corrected chi connectivity index (χ2v) is 7.04. The Bertz CT molecular complexity index is 796. The molecule has 2 rings (SSSR count). The van der Waals surface area contributed by atoms with Gasteiger partial charge in [0.15, 0.2) is 0 Å². The van der Waals surface area contributed by atoms with E-state index in [-0.39, 0.29) is 18.4 Å². The molecular formula is C23H31N3O2. The van der Waals surface area contributed by atoms with Crippen molar-refractivity contribution in [3.05, 3.63) is 70.3 Å². The molecule has 2 aromatic rings. The van der Waals surface area contributed by atoms with Crippen molar-refractivity contribution in [2.24, 2.45) is 0 Å². The Morgan fingerprint density at radius 1 is 0.857 bits per heavy atom. The summed E-state index contributed by atoms with van der Waals surface area (Å²) in [5, 5.41) is 5.51. The second kappa shape index (κ2) is 10.6. The molecule has 0 bridgehead atoms. The normalized spacial score (nSPS) is 10.8. The van der Waals surface area contributed by atoms with Gasteiger partial charge < -0.3 is 10.6 Å². The largest absolute Gasteiger partial charge is 0.350 e. The Kier molecular flexibility index (Phi) is 8.20. The summed E-state index contributed by atoms with van der Waals surface area (Å²) in [5.74, 6) is -0.441. The first-order chi connectivity index (χ1) is 13.4. The third-order valence-corrected chi connectivity index (χ3v) is 4.99. The Morgan fingerprint density at radius 3 is 2.11 bits per heavy atom. The van der Waals surface area contributed by atoms with Crippen molar-refractivity contribution < 1.29 is 9.59 Å². The van der Waals surface area contributed by atoms with Crippen molar-refractivity contribution in [2.45, 2.75) is 40.8 Å². The minimum Gasteiger partial charge on any atom is -0.350 e. The molecule has 0 aliphatic rings. The summed E-state index contributed by atoms with van der Waals surface area (Å²) in [6, 6.07) is 13.8. The zero-order valence-electron chi connectivity index (χ0n) is 17.3. The summed E-state index contributed by atoms with van der Waals surface area (Å²) in [5.41, 5.74) is 5.07. The van der Waals surface area contributed by atoms with E-state index < -0.39 is 0 Å². The molecule has 2 aromatic carbocycles. The van der Waals surface area contributed by atoms with Gasteiger partial charge in [-0.05, 0) is 61.3 Å². The van der Waals surface area contributed by atoms with Crippen LogP contribution in [0, 0.1) is 13.8 Å². The molecule has 0 atom stereocenters. The van der Waals surface area contributed by atoms with Crippen LogP contribution in [0.5, 0.6) is 0 Å². The van der Waals surface area contributed by atoms with Crippen LogP contribution < -0.4 is 10.6 Å². The zero-order chi connectivity index (χ0) is 20.5. The SMILES string of the molecule is CCN(CC)Cc1ccc(CNC(=O)CNC(=O)c2ccc(C)c(C)c2)cc1. The zero-order valence-corrected chi connectivity index (χ0v) is 17.3. The first kappa shape index (κ1) is 21.6. The number of hydrogen-bond acceptors (Lipinski definition) is 3. The Labute approximate surface area is 168 Å². The number of carbonyl (C=O) groups is 2. The highest BCUT2D eigenvalue weighted by Crippen LogP contribution is 2.10. The molecule has 0 heterocycles. The van der Waals surface area contributed by atoms with Gasteiger partial charge in [0.05, 0.1) is 6.54 Å². The lowest BCUT2D eigenvalue weighted by molar-refractivity contribution is -0.120. The molecule has 0 saturated carbocycles. The van der Waals surface area contributed by atoms with Crippen LogP contribution in [0.1, 0.15) is 46.5 Å². The van der Waals surface area contributed by atoms with Gasteiger partial charge in [-0.2, -0.15) is 0 Å². The summed E-state index contributed by atoms with van der Waals surface area (Å²) < 4.78 is 0. The molecule has 5 nitrogen and oxygen atoms in total. The Balaban J connectivity index is 1.77. The second-order valence-electron chi connectivity index (χ2n) is 7.04. The summed E-state index contributed by atoms with van der Waals surface area (Å²) >= 11 is 0. The topological polar surface area (TPSA) is 61.4 Å². The van der Waals surface area contributed by atoms with Crippen LogP contribution in [-0.4, -0.2) is 36.3 Å². The summed E-state index contributed by atoms with van der Waals surface area (Å²) in [6.45, 7) is 11.7. The third kappa shape index (κ3) is 6.50. The lowest BCUT2D eigenvalue weighted by Gasteiger charge is -2.18. The van der Waals surface area contributed by atoms with E-state index in [0.29, 0.717) is 12.1 Å². The van der Waals surface area contributed by atoms with Gasteiger partial charge in [0.25, 0.3) is 5.91 Å². The highest BCUT2D eigenvalue weighted by molar-refractivity contribution is 5.96. The van der Waals surface area contributed by atoms with Crippen molar-refractivity contribution in [2.75, 3.05) is 19.6 Å². The molecule has 2 amide bonds. The highest BCUT2D eigenvalue weighted by atomic mass is 16.2. The summed E-state index contributed by atoms with van der Waals surface area (Å²) in [7, 11) is 0. The van der Waals surface area contributed by atoms with Gasteiger partial charge in [0, 0.05) is 18.7 Å². The minimum absolute atomic E-state index is 0.0359. The van der Waals surface area contributed by atoms with E-state index in [9.17, 15) is 9.59 Å². The monoisotopic (exact) mass is 381 g/mol. The van der Waals surface area contributed by atoms with Crippen molar-refractivity contribution in [3.8, 4) is 0 Å². The minimum atomic E-state index is -0.237. The number of rotatable bonds is 9. The fourth-order valence-electron chi connectivity index (χ4n) is 2.88. The number of nitrogens with one attached hydrogen (secondary N) is 2. The maximum absolute atomic E-state index is 12.2. The van der Waals surface area contributed by atoms with Crippen molar-refractivity contribution in [1.29, 1.82) is 0 Å². The molecule has 0 spiro atoms. The molecule has 2 N–H and O–H groups in total. The van der Waals surface area contributed by atoms with Crippen LogP contribution in [0.15, 0.2) is 42.5 Å². The first-order valence-electron chi connectivity index (χ1n) is 9.85. The smallest absolute Gasteiger partial charge is 0.251 e. The number of amides is 2. The quantitative estimate of drug-likeness (QED) is 0.701. The first-order valence-corrected chi connectivity index (χ1v) is 9.85. The molecule has 28 heavy (non-hydrogen) atoms. The van der Waals surface area contributed by atoms with Gasteiger partial charge in [-0.3, -0.25) is 14.5 Å². The van der Waals surface area contributed by atoms with Gasteiger partial charge in [-0.15, -0.1) is 0 Å². The van der Waals surface area contributed by atoms with E-state index in [0.717, 1.165) is 36.3 Å². The number of aryl methyl sites for hydroxylation is 2. The van der Waals surface area contributed by atoms with E-state index in [4.69, 9.17) is 0 Å².